The van der Waals surface area contributed by atoms with Crippen LogP contribution in [0.5, 0.6) is 11.5 Å². The van der Waals surface area contributed by atoms with E-state index in [1.165, 1.54) is 0 Å². The van der Waals surface area contributed by atoms with E-state index in [1.807, 2.05) is 24.3 Å². The van der Waals surface area contributed by atoms with Crippen molar-refractivity contribution in [2.45, 2.75) is 6.10 Å². The van der Waals surface area contributed by atoms with E-state index < -0.39 is 12.1 Å². The Morgan fingerprint density at radius 3 is 2.66 bits per heavy atom. The third kappa shape index (κ3) is 8.18. The third-order valence-electron chi connectivity index (χ3n) is 4.38. The second-order valence-electron chi connectivity index (χ2n) is 6.82. The number of ether oxygens (including phenoxy) is 6. The fraction of sp³-hybridized carbons (Fsp3) is 0.391. The van der Waals surface area contributed by atoms with E-state index in [0.717, 1.165) is 29.2 Å². The van der Waals surface area contributed by atoms with Crippen molar-refractivity contribution >= 4 is 22.8 Å². The number of hydrogen-bond donors (Lipinski definition) is 1. The number of carbonyl (C=O) groups is 2. The van der Waals surface area contributed by atoms with Gasteiger partial charge >= 0.3 is 12.1 Å². The van der Waals surface area contributed by atoms with Crippen LogP contribution in [0.25, 0.3) is 10.8 Å². The quantitative estimate of drug-likeness (QED) is 0.205. The predicted molar refractivity (Wildman–Crippen MR) is 116 cm³/mol. The molecule has 0 radical (unpaired) electrons. The van der Waals surface area contributed by atoms with Gasteiger partial charge in [-0.2, -0.15) is 0 Å². The fourth-order valence-electron chi connectivity index (χ4n) is 2.72. The molecule has 9 heteroatoms. The molecule has 2 aromatic rings. The SMILES string of the molecule is C=CC(=O)OCCOCCOCCNC(=O)Oc1ccc2c(OCC3CO3)cccc2c1. The first kappa shape index (κ1) is 23.5. The average molecular weight is 445 g/mol. The van der Waals surface area contributed by atoms with Gasteiger partial charge < -0.3 is 33.7 Å². The second kappa shape index (κ2) is 12.7. The lowest BCUT2D eigenvalue weighted by molar-refractivity contribution is -0.139. The van der Waals surface area contributed by atoms with Gasteiger partial charge in [-0.15, -0.1) is 0 Å². The highest BCUT2D eigenvalue weighted by atomic mass is 16.6. The van der Waals surface area contributed by atoms with Crippen LogP contribution >= 0.6 is 0 Å². The van der Waals surface area contributed by atoms with E-state index in [9.17, 15) is 9.59 Å². The van der Waals surface area contributed by atoms with Gasteiger partial charge in [0.05, 0.1) is 33.0 Å². The molecule has 32 heavy (non-hydrogen) atoms. The molecule has 1 atom stereocenters. The van der Waals surface area contributed by atoms with E-state index in [4.69, 9.17) is 28.4 Å². The summed E-state index contributed by atoms with van der Waals surface area (Å²) < 4.78 is 31.7. The van der Waals surface area contributed by atoms with Gasteiger partial charge in [0.15, 0.2) is 0 Å². The van der Waals surface area contributed by atoms with Crippen molar-refractivity contribution in [1.82, 2.24) is 5.32 Å². The third-order valence-corrected chi connectivity index (χ3v) is 4.38. The van der Waals surface area contributed by atoms with Crippen LogP contribution in [0.3, 0.4) is 0 Å². The standard InChI is InChI=1S/C23H27NO8/c1-2-22(25)29-13-12-28-11-10-27-9-8-24-23(26)32-18-6-7-20-17(14-18)4-3-5-21(20)31-16-19-15-30-19/h2-7,14,19H,1,8-13,15-16H2,(H,24,26). The van der Waals surface area contributed by atoms with E-state index in [2.05, 4.69) is 11.9 Å². The van der Waals surface area contributed by atoms with Gasteiger partial charge in [0.1, 0.15) is 30.8 Å². The number of amides is 1. The Morgan fingerprint density at radius 2 is 1.88 bits per heavy atom. The molecule has 1 saturated heterocycles. The van der Waals surface area contributed by atoms with Gasteiger partial charge in [-0.3, -0.25) is 0 Å². The molecule has 1 aliphatic rings. The van der Waals surface area contributed by atoms with Crippen LogP contribution in [0.1, 0.15) is 0 Å². The Bertz CT molecular complexity index is 912. The van der Waals surface area contributed by atoms with Crippen molar-refractivity contribution in [1.29, 1.82) is 0 Å². The molecule has 3 rings (SSSR count). The van der Waals surface area contributed by atoms with Crippen molar-refractivity contribution in [3.05, 3.63) is 49.1 Å². The predicted octanol–water partition coefficient (Wildman–Crippen LogP) is 2.47. The summed E-state index contributed by atoms with van der Waals surface area (Å²) in [7, 11) is 0. The normalized spacial score (nSPS) is 14.6. The molecule has 0 saturated carbocycles. The zero-order valence-electron chi connectivity index (χ0n) is 17.7. The number of nitrogens with one attached hydrogen (secondary N) is 1. The average Bonchev–Trinajstić information content (AvgIpc) is 3.63. The number of carbonyl (C=O) groups excluding carboxylic acids is 2. The first-order valence-electron chi connectivity index (χ1n) is 10.3. The molecule has 2 aromatic carbocycles. The van der Waals surface area contributed by atoms with Crippen LogP contribution in [-0.4, -0.2) is 71.0 Å². The first-order valence-corrected chi connectivity index (χ1v) is 10.3. The molecule has 1 heterocycles. The Morgan fingerprint density at radius 1 is 1.09 bits per heavy atom. The smallest absolute Gasteiger partial charge is 0.412 e. The maximum absolute atomic E-state index is 12.0. The molecule has 1 unspecified atom stereocenters. The molecule has 1 aliphatic heterocycles. The van der Waals surface area contributed by atoms with Crippen molar-refractivity contribution in [3.63, 3.8) is 0 Å². The van der Waals surface area contributed by atoms with Gasteiger partial charge in [-0.25, -0.2) is 9.59 Å². The summed E-state index contributed by atoms with van der Waals surface area (Å²) in [5.41, 5.74) is 0. The lowest BCUT2D eigenvalue weighted by Gasteiger charge is -2.10. The van der Waals surface area contributed by atoms with Gasteiger partial charge in [0, 0.05) is 18.0 Å². The van der Waals surface area contributed by atoms with Gasteiger partial charge in [-0.1, -0.05) is 18.7 Å². The largest absolute Gasteiger partial charge is 0.490 e. The van der Waals surface area contributed by atoms with Crippen LogP contribution in [0.4, 0.5) is 4.79 Å². The van der Waals surface area contributed by atoms with E-state index in [1.54, 1.807) is 12.1 Å². The molecular formula is C23H27NO8. The molecule has 1 N–H and O–H groups in total. The molecule has 0 aromatic heterocycles. The Kier molecular flexibility index (Phi) is 9.30. The molecule has 172 valence electrons. The molecule has 0 spiro atoms. The monoisotopic (exact) mass is 445 g/mol. The minimum Gasteiger partial charge on any atom is -0.490 e. The molecule has 9 nitrogen and oxygen atoms in total. The highest BCUT2D eigenvalue weighted by Gasteiger charge is 2.23. The minimum absolute atomic E-state index is 0.163. The Labute approximate surface area is 186 Å². The highest BCUT2D eigenvalue weighted by molar-refractivity contribution is 5.90. The molecule has 1 amide bonds. The maximum Gasteiger partial charge on any atom is 0.412 e. The van der Waals surface area contributed by atoms with Crippen molar-refractivity contribution < 1.29 is 38.0 Å². The minimum atomic E-state index is -0.563. The van der Waals surface area contributed by atoms with Crippen LogP contribution in [0.2, 0.25) is 0 Å². The fourth-order valence-corrected chi connectivity index (χ4v) is 2.72. The zero-order valence-corrected chi connectivity index (χ0v) is 17.7. The van der Waals surface area contributed by atoms with Crippen LogP contribution in [0.15, 0.2) is 49.1 Å². The summed E-state index contributed by atoms with van der Waals surface area (Å²) in [6, 6.07) is 11.1. The number of epoxide rings is 1. The summed E-state index contributed by atoms with van der Waals surface area (Å²) in [4.78, 5) is 22.8. The van der Waals surface area contributed by atoms with E-state index in [-0.39, 0.29) is 19.3 Å². The number of fused-ring (bicyclic) bond motifs is 1. The lowest BCUT2D eigenvalue weighted by atomic mass is 10.1. The topological polar surface area (TPSA) is 105 Å². The number of benzene rings is 2. The summed E-state index contributed by atoms with van der Waals surface area (Å²) >= 11 is 0. The van der Waals surface area contributed by atoms with Crippen LogP contribution in [0, 0.1) is 0 Å². The Hall–Kier alpha value is -3.14. The Balaban J connectivity index is 1.29. The van der Waals surface area contributed by atoms with Crippen molar-refractivity contribution in [3.8, 4) is 11.5 Å². The summed E-state index contributed by atoms with van der Waals surface area (Å²) in [5, 5.41) is 4.48. The lowest BCUT2D eigenvalue weighted by Crippen LogP contribution is -2.30. The van der Waals surface area contributed by atoms with Crippen LogP contribution in [-0.2, 0) is 23.7 Å². The zero-order chi connectivity index (χ0) is 22.6. The molecule has 0 aliphatic carbocycles. The van der Waals surface area contributed by atoms with E-state index >= 15 is 0 Å². The van der Waals surface area contributed by atoms with Crippen molar-refractivity contribution in [2.75, 3.05) is 52.8 Å². The summed E-state index contributed by atoms with van der Waals surface area (Å²) in [5.74, 6) is 0.724. The van der Waals surface area contributed by atoms with Crippen molar-refractivity contribution in [2.24, 2.45) is 0 Å². The maximum atomic E-state index is 12.0. The van der Waals surface area contributed by atoms with Gasteiger partial charge in [0.2, 0.25) is 0 Å². The van der Waals surface area contributed by atoms with Crippen LogP contribution < -0.4 is 14.8 Å². The second-order valence-corrected chi connectivity index (χ2v) is 6.82. The molecular weight excluding hydrogens is 418 g/mol. The highest BCUT2D eigenvalue weighted by Crippen LogP contribution is 2.29. The number of hydrogen-bond acceptors (Lipinski definition) is 8. The van der Waals surface area contributed by atoms with Gasteiger partial charge in [0.25, 0.3) is 0 Å². The molecule has 1 fully saturated rings. The number of rotatable bonds is 14. The molecule has 0 bridgehead atoms. The van der Waals surface area contributed by atoms with Gasteiger partial charge in [-0.05, 0) is 29.7 Å². The summed E-state index contributed by atoms with van der Waals surface area (Å²) in [6.07, 6.45) is 0.715. The summed E-state index contributed by atoms with van der Waals surface area (Å²) in [6.45, 7) is 6.33. The first-order chi connectivity index (χ1) is 15.7. The number of esters is 1. The van der Waals surface area contributed by atoms with E-state index in [0.29, 0.717) is 38.7 Å².